The molecular weight excluding hydrogens is 486 g/mol. The third-order valence-electron chi connectivity index (χ3n) is 6.84. The van der Waals surface area contributed by atoms with Crippen LogP contribution in [0.15, 0.2) is 98.4 Å². The largest absolute Gasteiger partial charge is 0.449 e. The standard InChI is InChI=1S/C30H21NO7/c1-3-31(4-2)18-10-9-17-12-20(30(33)38-22(17)13-18)24-15-26-28(36-24)27-25(34-26)14-23(35-27)19-11-16-7-5-6-8-21(16)37-29(19)32/h5-15H,3-4H2,1-2H3. The predicted octanol–water partition coefficient (Wildman–Crippen LogP) is 7.17. The minimum absolute atomic E-state index is 0.272. The van der Waals surface area contributed by atoms with Gasteiger partial charge in [0.25, 0.3) is 0 Å². The lowest BCUT2D eigenvalue weighted by atomic mass is 10.1. The maximum atomic E-state index is 12.9. The first-order valence-electron chi connectivity index (χ1n) is 12.3. The zero-order chi connectivity index (χ0) is 26.0. The van der Waals surface area contributed by atoms with Crippen molar-refractivity contribution in [2.24, 2.45) is 0 Å². The molecule has 0 spiro atoms. The van der Waals surface area contributed by atoms with E-state index in [-0.39, 0.29) is 11.1 Å². The molecule has 0 aliphatic carbocycles. The van der Waals surface area contributed by atoms with E-state index in [9.17, 15) is 9.59 Å². The smallest absolute Gasteiger partial charge is 0.347 e. The number of fused-ring (bicyclic) bond motifs is 5. The summed E-state index contributed by atoms with van der Waals surface area (Å²) in [6.07, 6.45) is 0. The predicted molar refractivity (Wildman–Crippen MR) is 145 cm³/mol. The summed E-state index contributed by atoms with van der Waals surface area (Å²) in [7, 11) is 0. The first-order valence-corrected chi connectivity index (χ1v) is 12.3. The van der Waals surface area contributed by atoms with Gasteiger partial charge in [-0.25, -0.2) is 9.59 Å². The van der Waals surface area contributed by atoms with Crippen LogP contribution in [0.4, 0.5) is 5.69 Å². The SMILES string of the molecule is CCN(CC)c1ccc2cc(-c3cc4oc5cc(-c6cc7ccccc7oc6=O)oc5c4o3)c(=O)oc2c1. The van der Waals surface area contributed by atoms with E-state index in [1.54, 1.807) is 36.4 Å². The molecule has 0 bridgehead atoms. The lowest BCUT2D eigenvalue weighted by molar-refractivity contribution is 0.551. The molecule has 0 fully saturated rings. The van der Waals surface area contributed by atoms with Crippen molar-refractivity contribution in [2.45, 2.75) is 13.8 Å². The molecule has 0 amide bonds. The normalized spacial score (nSPS) is 11.8. The topological polar surface area (TPSA) is 103 Å². The lowest BCUT2D eigenvalue weighted by Crippen LogP contribution is -2.21. The Kier molecular flexibility index (Phi) is 4.84. The Morgan fingerprint density at radius 1 is 0.579 bits per heavy atom. The van der Waals surface area contributed by atoms with Gasteiger partial charge >= 0.3 is 11.3 Å². The molecule has 8 heteroatoms. The summed E-state index contributed by atoms with van der Waals surface area (Å²) in [5.74, 6) is 0.597. The molecule has 8 nitrogen and oxygen atoms in total. The highest BCUT2D eigenvalue weighted by Crippen LogP contribution is 2.38. The fraction of sp³-hybridized carbons (Fsp3) is 0.133. The van der Waals surface area contributed by atoms with E-state index in [0.29, 0.717) is 45.0 Å². The molecule has 0 radical (unpaired) electrons. The van der Waals surface area contributed by atoms with Gasteiger partial charge < -0.3 is 27.0 Å². The van der Waals surface area contributed by atoms with E-state index in [1.807, 2.05) is 30.3 Å². The summed E-state index contributed by atoms with van der Waals surface area (Å²) in [5.41, 5.74) is 3.01. The molecule has 2 aromatic carbocycles. The maximum Gasteiger partial charge on any atom is 0.347 e. The highest BCUT2D eigenvalue weighted by molar-refractivity contribution is 6.01. The Hall–Kier alpha value is -4.98. The average molecular weight is 507 g/mol. The van der Waals surface area contributed by atoms with Gasteiger partial charge in [0, 0.05) is 47.7 Å². The molecule has 0 saturated carbocycles. The monoisotopic (exact) mass is 507 g/mol. The Morgan fingerprint density at radius 3 is 1.79 bits per heavy atom. The maximum absolute atomic E-state index is 12.9. The second-order valence-electron chi connectivity index (χ2n) is 9.04. The number of benzene rings is 2. The molecule has 38 heavy (non-hydrogen) atoms. The van der Waals surface area contributed by atoms with Gasteiger partial charge in [-0.1, -0.05) is 18.2 Å². The highest BCUT2D eigenvalue weighted by Gasteiger charge is 2.22. The van der Waals surface area contributed by atoms with Crippen molar-refractivity contribution >= 4 is 50.0 Å². The van der Waals surface area contributed by atoms with Crippen molar-refractivity contribution in [3.8, 4) is 22.6 Å². The molecule has 0 aliphatic heterocycles. The van der Waals surface area contributed by atoms with E-state index in [1.165, 1.54) is 0 Å². The quantitative estimate of drug-likeness (QED) is 0.226. The number of para-hydroxylation sites is 1. The Labute approximate surface area is 214 Å². The van der Waals surface area contributed by atoms with Crippen LogP contribution in [0.3, 0.4) is 0 Å². The second-order valence-corrected chi connectivity index (χ2v) is 9.04. The van der Waals surface area contributed by atoms with Crippen LogP contribution in [0, 0.1) is 0 Å². The molecule has 7 rings (SSSR count). The van der Waals surface area contributed by atoms with Gasteiger partial charge in [-0.3, -0.25) is 0 Å². The summed E-state index contributed by atoms with van der Waals surface area (Å²) in [6, 6.07) is 19.8. The molecule has 188 valence electrons. The van der Waals surface area contributed by atoms with Crippen molar-refractivity contribution in [1.82, 2.24) is 0 Å². The fourth-order valence-corrected chi connectivity index (χ4v) is 4.89. The van der Waals surface area contributed by atoms with Crippen LogP contribution < -0.4 is 16.2 Å². The molecule has 0 N–H and O–H groups in total. The van der Waals surface area contributed by atoms with E-state index < -0.39 is 11.3 Å². The van der Waals surface area contributed by atoms with Gasteiger partial charge in [0.1, 0.15) is 33.8 Å². The Balaban J connectivity index is 1.31. The summed E-state index contributed by atoms with van der Waals surface area (Å²) in [4.78, 5) is 27.7. The van der Waals surface area contributed by atoms with Gasteiger partial charge in [-0.15, -0.1) is 0 Å². The van der Waals surface area contributed by atoms with Crippen molar-refractivity contribution in [3.05, 3.63) is 87.6 Å². The molecule has 0 atom stereocenters. The van der Waals surface area contributed by atoms with Gasteiger partial charge in [0.2, 0.25) is 11.2 Å². The number of hydrogen-bond donors (Lipinski definition) is 0. The van der Waals surface area contributed by atoms with Crippen LogP contribution >= 0.6 is 0 Å². The van der Waals surface area contributed by atoms with Crippen LogP contribution in [0.2, 0.25) is 0 Å². The third kappa shape index (κ3) is 3.37. The summed E-state index contributed by atoms with van der Waals surface area (Å²) < 4.78 is 29.0. The van der Waals surface area contributed by atoms with Crippen molar-refractivity contribution < 1.29 is 22.1 Å². The van der Waals surface area contributed by atoms with Gasteiger partial charge in [0.15, 0.2) is 11.2 Å². The molecule has 7 aromatic rings. The number of rotatable bonds is 5. The zero-order valence-electron chi connectivity index (χ0n) is 20.6. The first kappa shape index (κ1) is 22.2. The molecule has 5 heterocycles. The van der Waals surface area contributed by atoms with Crippen LogP contribution in [0.25, 0.3) is 66.9 Å². The van der Waals surface area contributed by atoms with Crippen LogP contribution in [-0.2, 0) is 0 Å². The minimum Gasteiger partial charge on any atom is -0.449 e. The van der Waals surface area contributed by atoms with E-state index in [2.05, 4.69) is 18.7 Å². The molecule has 5 aromatic heterocycles. The van der Waals surface area contributed by atoms with Crippen LogP contribution in [0.5, 0.6) is 0 Å². The molecule has 0 aliphatic rings. The number of furan rings is 3. The highest BCUT2D eigenvalue weighted by atomic mass is 16.4. The van der Waals surface area contributed by atoms with E-state index >= 15 is 0 Å². The van der Waals surface area contributed by atoms with Crippen LogP contribution in [-0.4, -0.2) is 13.1 Å². The van der Waals surface area contributed by atoms with Gasteiger partial charge in [-0.2, -0.15) is 0 Å². The summed E-state index contributed by atoms with van der Waals surface area (Å²) >= 11 is 0. The first-order chi connectivity index (χ1) is 18.5. The van der Waals surface area contributed by atoms with Crippen molar-refractivity contribution in [2.75, 3.05) is 18.0 Å². The third-order valence-corrected chi connectivity index (χ3v) is 6.84. The number of hydrogen-bond acceptors (Lipinski definition) is 8. The van der Waals surface area contributed by atoms with Crippen molar-refractivity contribution in [3.63, 3.8) is 0 Å². The van der Waals surface area contributed by atoms with Crippen molar-refractivity contribution in [1.29, 1.82) is 0 Å². The Morgan fingerprint density at radius 2 is 1.16 bits per heavy atom. The number of anilines is 1. The van der Waals surface area contributed by atoms with Gasteiger partial charge in [0.05, 0.1) is 0 Å². The van der Waals surface area contributed by atoms with E-state index in [0.717, 1.165) is 29.5 Å². The fourth-order valence-electron chi connectivity index (χ4n) is 4.89. The Bertz CT molecular complexity index is 2110. The lowest BCUT2D eigenvalue weighted by Gasteiger charge is -2.20. The molecular formula is C30H21NO7. The molecule has 0 saturated heterocycles. The van der Waals surface area contributed by atoms with E-state index in [4.69, 9.17) is 22.1 Å². The summed E-state index contributed by atoms with van der Waals surface area (Å²) in [5, 5.41) is 1.55. The molecule has 0 unspecified atom stereocenters. The number of nitrogens with zero attached hydrogens (tertiary/aromatic N) is 1. The zero-order valence-corrected chi connectivity index (χ0v) is 20.6. The van der Waals surface area contributed by atoms with Gasteiger partial charge in [-0.05, 0) is 44.2 Å². The second kappa shape index (κ2) is 8.27. The van der Waals surface area contributed by atoms with Crippen LogP contribution in [0.1, 0.15) is 13.8 Å². The summed E-state index contributed by atoms with van der Waals surface area (Å²) in [6.45, 7) is 5.86. The minimum atomic E-state index is -0.519. The average Bonchev–Trinajstić information content (AvgIpc) is 3.59.